The highest BCUT2D eigenvalue weighted by Gasteiger charge is 2.06. The average molecular weight is 245 g/mol. The number of hydrogen-bond acceptors (Lipinski definition) is 4. The summed E-state index contributed by atoms with van der Waals surface area (Å²) in [7, 11) is 1.84. The van der Waals surface area contributed by atoms with Crippen molar-refractivity contribution < 1.29 is 0 Å². The van der Waals surface area contributed by atoms with Crippen molar-refractivity contribution >= 4 is 5.69 Å². The average Bonchev–Trinajstić information content (AvgIpc) is 2.75. The third kappa shape index (κ3) is 3.06. The van der Waals surface area contributed by atoms with Gasteiger partial charge in [-0.15, -0.1) is 5.10 Å². The summed E-state index contributed by atoms with van der Waals surface area (Å²) in [5, 5.41) is 14.9. The van der Waals surface area contributed by atoms with E-state index in [1.807, 2.05) is 19.2 Å². The van der Waals surface area contributed by atoms with E-state index in [2.05, 4.69) is 46.8 Å². The third-order valence-corrected chi connectivity index (χ3v) is 2.79. The summed E-state index contributed by atoms with van der Waals surface area (Å²) in [5.41, 5.74) is 2.13. The number of benzene rings is 1. The summed E-state index contributed by atoms with van der Waals surface area (Å²) in [6.45, 7) is 5.44. The molecule has 0 saturated carbocycles. The lowest BCUT2D eigenvalue weighted by Gasteiger charge is -2.09. The van der Waals surface area contributed by atoms with Crippen LogP contribution in [0.1, 0.15) is 20.3 Å². The topological polar surface area (TPSA) is 55.6 Å². The number of aromatic nitrogens is 4. The van der Waals surface area contributed by atoms with Crippen LogP contribution < -0.4 is 5.32 Å². The van der Waals surface area contributed by atoms with Crippen LogP contribution in [0.2, 0.25) is 0 Å². The van der Waals surface area contributed by atoms with Crippen molar-refractivity contribution in [2.45, 2.75) is 20.3 Å². The third-order valence-electron chi connectivity index (χ3n) is 2.79. The molecule has 96 valence electrons. The minimum absolute atomic E-state index is 0.712. The largest absolute Gasteiger partial charge is 0.385 e. The monoisotopic (exact) mass is 245 g/mol. The number of hydrogen-bond donors (Lipinski definition) is 1. The van der Waals surface area contributed by atoms with Crippen LogP contribution in [0.3, 0.4) is 0 Å². The van der Waals surface area contributed by atoms with E-state index < -0.39 is 0 Å². The molecule has 0 aliphatic rings. The zero-order valence-electron chi connectivity index (χ0n) is 11.1. The number of nitrogens with zero attached hydrogens (tertiary/aromatic N) is 4. The number of tetrazole rings is 1. The Morgan fingerprint density at radius 2 is 2.17 bits per heavy atom. The molecule has 1 aromatic heterocycles. The lowest BCUT2D eigenvalue weighted by atomic mass is 10.1. The van der Waals surface area contributed by atoms with Crippen molar-refractivity contribution in [1.82, 2.24) is 20.2 Å². The first kappa shape index (κ1) is 12.5. The summed E-state index contributed by atoms with van der Waals surface area (Å²) in [6.07, 6.45) is 1.16. The second kappa shape index (κ2) is 5.62. The lowest BCUT2D eigenvalue weighted by Crippen LogP contribution is -2.04. The predicted octanol–water partition coefficient (Wildman–Crippen LogP) is 2.34. The quantitative estimate of drug-likeness (QED) is 0.878. The molecule has 0 aliphatic heterocycles. The van der Waals surface area contributed by atoms with Gasteiger partial charge in [-0.25, -0.2) is 4.68 Å². The smallest absolute Gasteiger partial charge is 0.181 e. The molecule has 18 heavy (non-hydrogen) atoms. The minimum atomic E-state index is 0.712. The Labute approximate surface area is 107 Å². The zero-order chi connectivity index (χ0) is 13.0. The van der Waals surface area contributed by atoms with Crippen molar-refractivity contribution in [3.8, 4) is 11.4 Å². The minimum Gasteiger partial charge on any atom is -0.385 e. The van der Waals surface area contributed by atoms with Gasteiger partial charge in [-0.3, -0.25) is 0 Å². The molecule has 1 heterocycles. The fraction of sp³-hybridized carbons (Fsp3) is 0.462. The molecular weight excluding hydrogens is 226 g/mol. The zero-order valence-corrected chi connectivity index (χ0v) is 11.1. The molecule has 5 nitrogen and oxygen atoms in total. The Kier molecular flexibility index (Phi) is 3.92. The van der Waals surface area contributed by atoms with Crippen LogP contribution in [0.5, 0.6) is 0 Å². The molecular formula is C13H19N5. The van der Waals surface area contributed by atoms with E-state index in [0.29, 0.717) is 5.92 Å². The normalized spacial score (nSPS) is 10.9. The van der Waals surface area contributed by atoms with Crippen LogP contribution in [0.15, 0.2) is 24.3 Å². The predicted molar refractivity (Wildman–Crippen MR) is 72.2 cm³/mol. The number of rotatable bonds is 5. The molecule has 0 unspecified atom stereocenters. The Bertz CT molecular complexity index is 504. The summed E-state index contributed by atoms with van der Waals surface area (Å²) in [4.78, 5) is 0. The van der Waals surface area contributed by atoms with Crippen LogP contribution in [-0.4, -0.2) is 26.8 Å². The van der Waals surface area contributed by atoms with Gasteiger partial charge in [0, 0.05) is 24.8 Å². The Hall–Kier alpha value is -1.91. The van der Waals surface area contributed by atoms with E-state index in [9.17, 15) is 0 Å². The fourth-order valence-electron chi connectivity index (χ4n) is 1.75. The van der Waals surface area contributed by atoms with E-state index in [0.717, 1.165) is 30.0 Å². The maximum Gasteiger partial charge on any atom is 0.181 e. The number of nitrogens with one attached hydrogen (secondary N) is 1. The van der Waals surface area contributed by atoms with Crippen molar-refractivity contribution in [3.63, 3.8) is 0 Å². The first-order valence-electron chi connectivity index (χ1n) is 6.23. The van der Waals surface area contributed by atoms with Gasteiger partial charge in [0.25, 0.3) is 0 Å². The van der Waals surface area contributed by atoms with Gasteiger partial charge in [-0.2, -0.15) is 0 Å². The maximum atomic E-state index is 4.01. The van der Waals surface area contributed by atoms with Gasteiger partial charge in [0.2, 0.25) is 0 Å². The molecule has 2 rings (SSSR count). The van der Waals surface area contributed by atoms with E-state index in [-0.39, 0.29) is 0 Å². The van der Waals surface area contributed by atoms with E-state index >= 15 is 0 Å². The van der Waals surface area contributed by atoms with Gasteiger partial charge < -0.3 is 5.32 Å². The highest BCUT2D eigenvalue weighted by Crippen LogP contribution is 2.19. The van der Waals surface area contributed by atoms with E-state index in [4.69, 9.17) is 0 Å². The van der Waals surface area contributed by atoms with Gasteiger partial charge in [-0.1, -0.05) is 26.0 Å². The number of anilines is 1. The van der Waals surface area contributed by atoms with Crippen molar-refractivity contribution in [2.24, 2.45) is 13.0 Å². The van der Waals surface area contributed by atoms with Crippen LogP contribution >= 0.6 is 0 Å². The van der Waals surface area contributed by atoms with Crippen LogP contribution in [0.25, 0.3) is 11.4 Å². The maximum absolute atomic E-state index is 4.01. The van der Waals surface area contributed by atoms with Gasteiger partial charge in [0.15, 0.2) is 5.82 Å². The Balaban J connectivity index is 2.08. The molecule has 0 saturated heterocycles. The molecule has 0 bridgehead atoms. The Morgan fingerprint density at radius 3 is 2.83 bits per heavy atom. The highest BCUT2D eigenvalue weighted by atomic mass is 15.5. The molecule has 1 N–H and O–H groups in total. The Morgan fingerprint density at radius 1 is 1.33 bits per heavy atom. The number of aryl methyl sites for hydroxylation is 1. The molecule has 0 aliphatic carbocycles. The van der Waals surface area contributed by atoms with Gasteiger partial charge in [0.05, 0.1) is 0 Å². The molecule has 5 heteroatoms. The second-order valence-corrected chi connectivity index (χ2v) is 4.82. The van der Waals surface area contributed by atoms with Crippen molar-refractivity contribution in [1.29, 1.82) is 0 Å². The summed E-state index contributed by atoms with van der Waals surface area (Å²) < 4.78 is 1.67. The van der Waals surface area contributed by atoms with Gasteiger partial charge in [0.1, 0.15) is 0 Å². The molecule has 0 radical (unpaired) electrons. The van der Waals surface area contributed by atoms with Crippen LogP contribution in [-0.2, 0) is 7.05 Å². The molecule has 0 atom stereocenters. The summed E-state index contributed by atoms with van der Waals surface area (Å²) in [5.74, 6) is 1.49. The first-order chi connectivity index (χ1) is 8.66. The lowest BCUT2D eigenvalue weighted by molar-refractivity contribution is 0.607. The fourth-order valence-corrected chi connectivity index (χ4v) is 1.75. The second-order valence-electron chi connectivity index (χ2n) is 4.82. The first-order valence-corrected chi connectivity index (χ1v) is 6.23. The molecule has 2 aromatic rings. The molecule has 0 amide bonds. The summed E-state index contributed by atoms with van der Waals surface area (Å²) >= 11 is 0. The van der Waals surface area contributed by atoms with Crippen LogP contribution in [0.4, 0.5) is 5.69 Å². The van der Waals surface area contributed by atoms with E-state index in [1.54, 1.807) is 4.68 Å². The highest BCUT2D eigenvalue weighted by molar-refractivity contribution is 5.62. The van der Waals surface area contributed by atoms with Gasteiger partial charge in [-0.05, 0) is 34.9 Å². The van der Waals surface area contributed by atoms with Crippen molar-refractivity contribution in [2.75, 3.05) is 11.9 Å². The molecule has 0 fully saturated rings. The summed E-state index contributed by atoms with van der Waals surface area (Å²) in [6, 6.07) is 8.17. The van der Waals surface area contributed by atoms with Gasteiger partial charge >= 0.3 is 0 Å². The van der Waals surface area contributed by atoms with Crippen molar-refractivity contribution in [3.05, 3.63) is 24.3 Å². The SMILES string of the molecule is CC(C)CCNc1cccc(-c2nnnn2C)c1. The molecule has 0 spiro atoms. The standard InChI is InChI=1S/C13H19N5/c1-10(2)7-8-14-12-6-4-5-11(9-12)13-15-16-17-18(13)3/h4-6,9-10,14H,7-8H2,1-3H3. The van der Waals surface area contributed by atoms with Crippen LogP contribution in [0, 0.1) is 5.92 Å². The van der Waals surface area contributed by atoms with E-state index in [1.165, 1.54) is 0 Å². The molecule has 1 aromatic carbocycles.